The van der Waals surface area contributed by atoms with Crippen LogP contribution in [0, 0.1) is 0 Å². The molecule has 3 aliphatic rings. The van der Waals surface area contributed by atoms with Crippen molar-refractivity contribution < 1.29 is 14.9 Å². The normalized spacial score (nSPS) is 33.0. The lowest BCUT2D eigenvalue weighted by molar-refractivity contribution is -0.216. The zero-order valence-corrected chi connectivity index (χ0v) is 13.8. The topological polar surface area (TPSA) is 65.8 Å². The third-order valence-electron chi connectivity index (χ3n) is 5.86. The van der Waals surface area contributed by atoms with E-state index in [9.17, 15) is 10.2 Å². The molecule has 2 N–H and O–H groups in total. The first-order valence-corrected chi connectivity index (χ1v) is 8.76. The number of hydrogen-bond acceptors (Lipinski definition) is 5. The predicted octanol–water partition coefficient (Wildman–Crippen LogP) is 1.44. The van der Waals surface area contributed by atoms with Crippen LogP contribution < -0.4 is 4.90 Å². The van der Waals surface area contributed by atoms with E-state index in [0.717, 1.165) is 44.6 Å². The van der Waals surface area contributed by atoms with Gasteiger partial charge in [-0.25, -0.2) is 4.98 Å². The van der Waals surface area contributed by atoms with Gasteiger partial charge in [-0.15, -0.1) is 0 Å². The van der Waals surface area contributed by atoms with Crippen LogP contribution in [0.1, 0.15) is 43.9 Å². The lowest BCUT2D eigenvalue weighted by Gasteiger charge is -2.50. The van der Waals surface area contributed by atoms with Gasteiger partial charge in [0.15, 0.2) is 0 Å². The summed E-state index contributed by atoms with van der Waals surface area (Å²) >= 11 is 0. The lowest BCUT2D eigenvalue weighted by atomic mass is 9.76. The van der Waals surface area contributed by atoms with Crippen molar-refractivity contribution in [3.63, 3.8) is 0 Å². The molecule has 0 bridgehead atoms. The fourth-order valence-electron chi connectivity index (χ4n) is 4.31. The number of fused-ring (bicyclic) bond motifs is 1. The molecule has 2 saturated heterocycles. The Morgan fingerprint density at radius 1 is 1.26 bits per heavy atom. The average Bonchev–Trinajstić information content (AvgIpc) is 2.99. The van der Waals surface area contributed by atoms with Crippen molar-refractivity contribution in [3.05, 3.63) is 23.4 Å². The van der Waals surface area contributed by atoms with E-state index in [4.69, 9.17) is 9.72 Å². The molecule has 5 nitrogen and oxygen atoms in total. The van der Waals surface area contributed by atoms with E-state index in [-0.39, 0.29) is 12.2 Å². The molecule has 3 heterocycles. The number of ether oxygens (including phenoxy) is 1. The summed E-state index contributed by atoms with van der Waals surface area (Å²) < 4.78 is 5.96. The summed E-state index contributed by atoms with van der Waals surface area (Å²) in [7, 11) is 0. The summed E-state index contributed by atoms with van der Waals surface area (Å²) in [5.74, 6) is 1.07. The second kappa shape index (κ2) is 5.43. The number of nitrogens with zero attached hydrogens (tertiary/aromatic N) is 2. The van der Waals surface area contributed by atoms with Gasteiger partial charge in [0.2, 0.25) is 0 Å². The average molecular weight is 318 g/mol. The second-order valence-electron chi connectivity index (χ2n) is 7.66. The van der Waals surface area contributed by atoms with Crippen molar-refractivity contribution in [3.8, 4) is 0 Å². The minimum atomic E-state index is -1.05. The van der Waals surface area contributed by atoms with Crippen LogP contribution in [-0.4, -0.2) is 52.2 Å². The van der Waals surface area contributed by atoms with Crippen molar-refractivity contribution in [1.82, 2.24) is 4.98 Å². The quantitative estimate of drug-likeness (QED) is 0.820. The summed E-state index contributed by atoms with van der Waals surface area (Å²) in [6, 6.07) is 4.37. The largest absolute Gasteiger partial charge is 0.388 e. The van der Waals surface area contributed by atoms with Crippen molar-refractivity contribution in [1.29, 1.82) is 0 Å². The van der Waals surface area contributed by atoms with Crippen LogP contribution >= 0.6 is 0 Å². The van der Waals surface area contributed by atoms with E-state index < -0.39 is 11.7 Å². The first-order chi connectivity index (χ1) is 11.0. The van der Waals surface area contributed by atoms with E-state index in [1.807, 2.05) is 0 Å². The number of aryl methyl sites for hydroxylation is 2. The number of rotatable bonds is 1. The minimum absolute atomic E-state index is 0.226. The van der Waals surface area contributed by atoms with E-state index in [0.29, 0.717) is 6.42 Å². The summed E-state index contributed by atoms with van der Waals surface area (Å²) in [5, 5.41) is 20.3. The van der Waals surface area contributed by atoms with Gasteiger partial charge in [0, 0.05) is 25.2 Å². The van der Waals surface area contributed by atoms with Gasteiger partial charge in [-0.2, -0.15) is 0 Å². The molecule has 0 radical (unpaired) electrons. The summed E-state index contributed by atoms with van der Waals surface area (Å²) in [6.07, 6.45) is 4.95. The Hall–Kier alpha value is -1.17. The highest BCUT2D eigenvalue weighted by Crippen LogP contribution is 2.40. The van der Waals surface area contributed by atoms with Crippen LogP contribution in [-0.2, 0) is 17.6 Å². The van der Waals surface area contributed by atoms with Gasteiger partial charge in [-0.05, 0) is 50.7 Å². The van der Waals surface area contributed by atoms with Crippen molar-refractivity contribution in [2.24, 2.45) is 0 Å². The molecule has 1 aliphatic carbocycles. The molecular formula is C18H26N2O3. The molecule has 0 amide bonds. The van der Waals surface area contributed by atoms with Crippen molar-refractivity contribution >= 4 is 5.82 Å². The molecule has 0 unspecified atom stereocenters. The number of aliphatic hydroxyl groups is 2. The number of aliphatic hydroxyl groups excluding tert-OH is 1. The Kier molecular flexibility index (Phi) is 3.63. The van der Waals surface area contributed by atoms with Gasteiger partial charge in [0.05, 0.1) is 17.8 Å². The number of anilines is 1. The number of piperidine rings is 1. The maximum Gasteiger partial charge on any atom is 0.128 e. The highest BCUT2D eigenvalue weighted by Gasteiger charge is 2.48. The SMILES string of the molecule is C[C@]1(O)CC2(CCN(c3ccc4c(n3)CCC4)CC2)OC[C@@H]1O. The Labute approximate surface area is 137 Å². The molecule has 5 heteroatoms. The Morgan fingerprint density at radius 3 is 2.78 bits per heavy atom. The predicted molar refractivity (Wildman–Crippen MR) is 87.6 cm³/mol. The van der Waals surface area contributed by atoms with E-state index >= 15 is 0 Å². The van der Waals surface area contributed by atoms with Crippen LogP contribution in [0.5, 0.6) is 0 Å². The highest BCUT2D eigenvalue weighted by molar-refractivity contribution is 5.43. The molecule has 0 saturated carbocycles. The van der Waals surface area contributed by atoms with Crippen LogP contribution in [0.15, 0.2) is 12.1 Å². The third kappa shape index (κ3) is 2.75. The molecule has 4 rings (SSSR count). The maximum absolute atomic E-state index is 10.4. The first-order valence-electron chi connectivity index (χ1n) is 8.76. The fourth-order valence-corrected chi connectivity index (χ4v) is 4.31. The maximum atomic E-state index is 10.4. The van der Waals surface area contributed by atoms with Crippen LogP contribution in [0.2, 0.25) is 0 Å². The standard InChI is InChI=1S/C18H26N2O3/c1-17(22)12-18(23-11-15(17)21)7-9-20(10-8-18)16-6-5-13-3-2-4-14(13)19-16/h5-6,15,21-22H,2-4,7-12H2,1H3/t15-,17-/m0/s1. The zero-order valence-electron chi connectivity index (χ0n) is 13.8. The Balaban J connectivity index is 1.45. The molecule has 2 aliphatic heterocycles. The van der Waals surface area contributed by atoms with E-state index in [1.165, 1.54) is 17.7 Å². The molecule has 0 aromatic carbocycles. The van der Waals surface area contributed by atoms with Gasteiger partial charge < -0.3 is 19.8 Å². The number of aromatic nitrogens is 1. The summed E-state index contributed by atoms with van der Waals surface area (Å²) in [6.45, 7) is 3.72. The van der Waals surface area contributed by atoms with E-state index in [1.54, 1.807) is 6.92 Å². The van der Waals surface area contributed by atoms with Crippen molar-refractivity contribution in [2.75, 3.05) is 24.6 Å². The van der Waals surface area contributed by atoms with Gasteiger partial charge in [-0.3, -0.25) is 0 Å². The van der Waals surface area contributed by atoms with Gasteiger partial charge in [-0.1, -0.05) is 6.07 Å². The Bertz CT molecular complexity index is 594. The summed E-state index contributed by atoms with van der Waals surface area (Å²) in [4.78, 5) is 7.17. The molecule has 1 aromatic heterocycles. The molecular weight excluding hydrogens is 292 g/mol. The first kappa shape index (κ1) is 15.4. The number of pyridine rings is 1. The lowest BCUT2D eigenvalue weighted by Crippen LogP contribution is -2.59. The fraction of sp³-hybridized carbons (Fsp3) is 0.722. The van der Waals surface area contributed by atoms with Gasteiger partial charge in [0.25, 0.3) is 0 Å². The molecule has 126 valence electrons. The molecule has 2 atom stereocenters. The molecule has 1 aromatic rings. The van der Waals surface area contributed by atoms with Crippen LogP contribution in [0.3, 0.4) is 0 Å². The van der Waals surface area contributed by atoms with Gasteiger partial charge >= 0.3 is 0 Å². The minimum Gasteiger partial charge on any atom is -0.388 e. The Morgan fingerprint density at radius 2 is 2.04 bits per heavy atom. The summed E-state index contributed by atoms with van der Waals surface area (Å²) in [5.41, 5.74) is 1.33. The molecule has 23 heavy (non-hydrogen) atoms. The number of hydrogen-bond donors (Lipinski definition) is 2. The van der Waals surface area contributed by atoms with Crippen LogP contribution in [0.25, 0.3) is 0 Å². The molecule has 1 spiro atoms. The molecule has 2 fully saturated rings. The second-order valence-corrected chi connectivity index (χ2v) is 7.66. The van der Waals surface area contributed by atoms with E-state index in [2.05, 4.69) is 17.0 Å². The smallest absolute Gasteiger partial charge is 0.128 e. The zero-order chi connectivity index (χ0) is 16.1. The third-order valence-corrected chi connectivity index (χ3v) is 5.86. The highest BCUT2D eigenvalue weighted by atomic mass is 16.5. The van der Waals surface area contributed by atoms with Crippen LogP contribution in [0.4, 0.5) is 5.82 Å². The van der Waals surface area contributed by atoms with Crippen molar-refractivity contribution in [2.45, 2.75) is 62.8 Å². The van der Waals surface area contributed by atoms with Gasteiger partial charge in [0.1, 0.15) is 11.9 Å². The monoisotopic (exact) mass is 318 g/mol.